The molecule has 0 spiro atoms. The number of aromatic hydroxyl groups is 1. The van der Waals surface area contributed by atoms with E-state index in [-0.39, 0.29) is 29.1 Å². The van der Waals surface area contributed by atoms with Gasteiger partial charge in [-0.05, 0) is 57.9 Å². The first-order valence-corrected chi connectivity index (χ1v) is 9.35. The minimum Gasteiger partial charge on any atom is -0.505 e. The number of carboxylic acid groups (broad SMARTS) is 1. The van der Waals surface area contributed by atoms with Crippen LogP contribution in [0, 0.1) is 0 Å². The number of benzene rings is 1. The summed E-state index contributed by atoms with van der Waals surface area (Å²) in [6, 6.07) is 3.73. The first-order valence-electron chi connectivity index (χ1n) is 8.97. The molecule has 0 aliphatic rings. The molecule has 1 atom stereocenters. The van der Waals surface area contributed by atoms with Gasteiger partial charge in [-0.2, -0.15) is 0 Å². The number of carbonyl (C=O) groups excluding carboxylic acids is 1. The molecule has 2 rings (SSSR count). The minimum atomic E-state index is -1.17. The fourth-order valence-electron chi connectivity index (χ4n) is 2.72. The van der Waals surface area contributed by atoms with Crippen molar-refractivity contribution in [2.45, 2.75) is 45.3 Å². The lowest BCUT2D eigenvalue weighted by Gasteiger charge is -2.16. The molecular formula is C19H24ClN3O5. The first kappa shape index (κ1) is 21.7. The normalized spacial score (nSPS) is 12.2. The second kappa shape index (κ2) is 9.57. The Morgan fingerprint density at radius 1 is 1.29 bits per heavy atom. The molecule has 2 aromatic rings. The van der Waals surface area contributed by atoms with Crippen LogP contribution in [0.1, 0.15) is 43.6 Å². The average molecular weight is 410 g/mol. The molecule has 1 amide bonds. The largest absolute Gasteiger partial charge is 0.505 e. The topological polar surface area (TPSA) is 135 Å². The number of carbonyl (C=O) groups is 2. The van der Waals surface area contributed by atoms with Crippen LogP contribution < -0.4 is 15.8 Å². The van der Waals surface area contributed by atoms with E-state index in [1.54, 1.807) is 18.2 Å². The summed E-state index contributed by atoms with van der Waals surface area (Å²) in [6.45, 7) is 4.19. The fourth-order valence-corrected chi connectivity index (χ4v) is 2.96. The second-order valence-corrected chi connectivity index (χ2v) is 6.98. The van der Waals surface area contributed by atoms with Crippen LogP contribution in [0.5, 0.6) is 11.5 Å². The van der Waals surface area contributed by atoms with Gasteiger partial charge in [0.1, 0.15) is 16.9 Å². The fraction of sp³-hybridized carbons (Fsp3) is 0.421. The third-order valence-corrected chi connectivity index (χ3v) is 4.33. The van der Waals surface area contributed by atoms with Crippen molar-refractivity contribution >= 4 is 34.2 Å². The third-order valence-electron chi connectivity index (χ3n) is 4.04. The summed E-state index contributed by atoms with van der Waals surface area (Å²) in [5, 5.41) is 22.9. The van der Waals surface area contributed by atoms with Gasteiger partial charge in [-0.15, -0.1) is 0 Å². The monoisotopic (exact) mass is 409 g/mol. The van der Waals surface area contributed by atoms with E-state index in [1.165, 1.54) is 0 Å². The van der Waals surface area contributed by atoms with Crippen molar-refractivity contribution in [1.29, 1.82) is 0 Å². The van der Waals surface area contributed by atoms with Crippen LogP contribution in [0.25, 0.3) is 10.8 Å². The highest BCUT2D eigenvalue weighted by molar-refractivity contribution is 6.35. The summed E-state index contributed by atoms with van der Waals surface area (Å²) in [6.07, 6.45) is 1.36. The molecule has 152 valence electrons. The smallest absolute Gasteiger partial charge is 0.326 e. The number of hydrogen-bond acceptors (Lipinski definition) is 6. The summed E-state index contributed by atoms with van der Waals surface area (Å²) < 4.78 is 5.60. The Hall–Kier alpha value is -2.58. The van der Waals surface area contributed by atoms with E-state index >= 15 is 0 Å². The highest BCUT2D eigenvalue weighted by atomic mass is 35.5. The summed E-state index contributed by atoms with van der Waals surface area (Å²) in [5.41, 5.74) is 5.07. The summed E-state index contributed by atoms with van der Waals surface area (Å²) in [7, 11) is 0. The zero-order chi connectivity index (χ0) is 20.8. The lowest BCUT2D eigenvalue weighted by molar-refractivity contribution is -0.139. The number of carboxylic acids is 1. The zero-order valence-electron chi connectivity index (χ0n) is 15.7. The van der Waals surface area contributed by atoms with Crippen LogP contribution in [0.15, 0.2) is 18.2 Å². The second-order valence-electron chi connectivity index (χ2n) is 6.62. The summed E-state index contributed by atoms with van der Waals surface area (Å²) >= 11 is 6.20. The summed E-state index contributed by atoms with van der Waals surface area (Å²) in [4.78, 5) is 27.9. The van der Waals surface area contributed by atoms with Crippen molar-refractivity contribution in [2.75, 3.05) is 6.54 Å². The van der Waals surface area contributed by atoms with Crippen LogP contribution in [-0.4, -0.2) is 45.8 Å². The number of nitrogens with two attached hydrogens (primary N) is 1. The molecule has 9 heteroatoms. The number of ether oxygens (including phenoxy) is 1. The van der Waals surface area contributed by atoms with Crippen LogP contribution >= 0.6 is 11.6 Å². The number of fused-ring (bicyclic) bond motifs is 1. The quantitative estimate of drug-likeness (QED) is 0.369. The van der Waals surface area contributed by atoms with Crippen molar-refractivity contribution in [3.8, 4) is 11.5 Å². The van der Waals surface area contributed by atoms with Gasteiger partial charge in [-0.3, -0.25) is 4.79 Å². The Morgan fingerprint density at radius 2 is 2.00 bits per heavy atom. The number of rotatable bonds is 9. The van der Waals surface area contributed by atoms with Gasteiger partial charge in [-0.25, -0.2) is 9.78 Å². The molecule has 5 N–H and O–H groups in total. The number of halogens is 1. The molecule has 8 nitrogen and oxygen atoms in total. The molecule has 0 fully saturated rings. The van der Waals surface area contributed by atoms with E-state index in [2.05, 4.69) is 10.3 Å². The number of unbranched alkanes of at least 4 members (excludes halogenated alkanes) is 1. The SMILES string of the molecule is CC(C)Oc1ccc2c(O)c(C(=O)N[C@@H](CCCCN)C(=O)O)nc(Cl)c2c1. The van der Waals surface area contributed by atoms with Gasteiger partial charge < -0.3 is 26.0 Å². The minimum absolute atomic E-state index is 0.00200. The van der Waals surface area contributed by atoms with Gasteiger partial charge in [-0.1, -0.05) is 11.6 Å². The average Bonchev–Trinajstić information content (AvgIpc) is 2.63. The van der Waals surface area contributed by atoms with E-state index in [1.807, 2.05) is 13.8 Å². The standard InChI is InChI=1S/C19H24ClN3O5/c1-10(2)28-11-6-7-12-13(9-11)17(20)23-15(16(12)24)18(25)22-14(19(26)27)5-3-4-8-21/h6-7,9-10,14,24H,3-5,8,21H2,1-2H3,(H,22,25)(H,26,27)/t14-/m0/s1. The highest BCUT2D eigenvalue weighted by Crippen LogP contribution is 2.34. The van der Waals surface area contributed by atoms with Crippen molar-refractivity contribution in [3.63, 3.8) is 0 Å². The van der Waals surface area contributed by atoms with Gasteiger partial charge in [0.15, 0.2) is 11.4 Å². The number of nitrogens with zero attached hydrogens (tertiary/aromatic N) is 1. The maximum absolute atomic E-state index is 12.5. The maximum atomic E-state index is 12.5. The molecule has 0 saturated carbocycles. The first-order chi connectivity index (χ1) is 13.2. The lowest BCUT2D eigenvalue weighted by atomic mass is 10.1. The van der Waals surface area contributed by atoms with Crippen molar-refractivity contribution in [3.05, 3.63) is 29.0 Å². The molecule has 1 heterocycles. The predicted octanol–water partition coefficient (Wildman–Crippen LogP) is 2.69. The van der Waals surface area contributed by atoms with Crippen LogP contribution in [-0.2, 0) is 4.79 Å². The van der Waals surface area contributed by atoms with Gasteiger partial charge >= 0.3 is 5.97 Å². The Kier molecular flexibility index (Phi) is 7.42. The zero-order valence-corrected chi connectivity index (χ0v) is 16.5. The Morgan fingerprint density at radius 3 is 2.61 bits per heavy atom. The predicted molar refractivity (Wildman–Crippen MR) is 106 cm³/mol. The van der Waals surface area contributed by atoms with Gasteiger partial charge in [0.2, 0.25) is 0 Å². The summed E-state index contributed by atoms with van der Waals surface area (Å²) in [5.74, 6) is -1.82. The van der Waals surface area contributed by atoms with E-state index < -0.39 is 17.9 Å². The van der Waals surface area contributed by atoms with Crippen LogP contribution in [0.4, 0.5) is 0 Å². The molecule has 0 radical (unpaired) electrons. The Labute approximate surface area is 167 Å². The van der Waals surface area contributed by atoms with Crippen LogP contribution in [0.3, 0.4) is 0 Å². The third kappa shape index (κ3) is 5.24. The Bertz CT molecular complexity index is 872. The molecule has 1 aromatic carbocycles. The van der Waals surface area contributed by atoms with Crippen molar-refractivity contribution < 1.29 is 24.5 Å². The van der Waals surface area contributed by atoms with Gasteiger partial charge in [0, 0.05) is 10.8 Å². The molecule has 0 aliphatic carbocycles. The van der Waals surface area contributed by atoms with Gasteiger partial charge in [0.05, 0.1) is 6.10 Å². The highest BCUT2D eigenvalue weighted by Gasteiger charge is 2.24. The van der Waals surface area contributed by atoms with Crippen molar-refractivity contribution in [2.24, 2.45) is 5.73 Å². The molecule has 1 aromatic heterocycles. The van der Waals surface area contributed by atoms with Crippen molar-refractivity contribution in [1.82, 2.24) is 10.3 Å². The molecule has 0 bridgehead atoms. The van der Waals surface area contributed by atoms with E-state index in [4.69, 9.17) is 22.1 Å². The number of nitrogens with one attached hydrogen (secondary N) is 1. The maximum Gasteiger partial charge on any atom is 0.326 e. The van der Waals surface area contributed by atoms with E-state index in [9.17, 15) is 19.8 Å². The van der Waals surface area contributed by atoms with E-state index in [0.29, 0.717) is 35.9 Å². The Balaban J connectivity index is 2.31. The molecule has 0 saturated heterocycles. The molecule has 0 aliphatic heterocycles. The van der Waals surface area contributed by atoms with E-state index in [0.717, 1.165) is 0 Å². The number of amides is 1. The molecule has 28 heavy (non-hydrogen) atoms. The number of aromatic nitrogens is 1. The van der Waals surface area contributed by atoms with Gasteiger partial charge in [0.25, 0.3) is 5.91 Å². The molecular weight excluding hydrogens is 386 g/mol. The number of hydrogen-bond donors (Lipinski definition) is 4. The number of aliphatic carboxylic acids is 1. The number of pyridine rings is 1. The van der Waals surface area contributed by atoms with Crippen LogP contribution in [0.2, 0.25) is 5.15 Å². The molecule has 0 unspecified atom stereocenters. The lowest BCUT2D eigenvalue weighted by Crippen LogP contribution is -2.41.